The number of amides is 1. The Labute approximate surface area is 192 Å². The highest BCUT2D eigenvalue weighted by molar-refractivity contribution is 5.98. The Morgan fingerprint density at radius 2 is 1.88 bits per heavy atom. The number of hydrogen-bond acceptors (Lipinski definition) is 4. The Balaban J connectivity index is 1.55. The fraction of sp³-hybridized carbons (Fsp3) is 0.292. The number of piperidine rings is 1. The topological polar surface area (TPSA) is 76.5 Å². The fourth-order valence-corrected chi connectivity index (χ4v) is 4.61. The molecular formula is C24H21F4N5O. The third-order valence-corrected chi connectivity index (χ3v) is 6.44. The minimum atomic E-state index is -4.45. The number of aromatic nitrogens is 3. The van der Waals surface area contributed by atoms with Gasteiger partial charge < -0.3 is 10.6 Å². The van der Waals surface area contributed by atoms with Crippen molar-refractivity contribution in [3.05, 3.63) is 71.4 Å². The predicted molar refractivity (Wildman–Crippen MR) is 118 cm³/mol. The highest BCUT2D eigenvalue weighted by Gasteiger charge is 2.34. The van der Waals surface area contributed by atoms with Gasteiger partial charge in [0.25, 0.3) is 5.91 Å². The summed E-state index contributed by atoms with van der Waals surface area (Å²) in [7, 11) is 0. The van der Waals surface area contributed by atoms with Crippen LogP contribution in [0.3, 0.4) is 0 Å². The lowest BCUT2D eigenvalue weighted by molar-refractivity contribution is -0.137. The largest absolute Gasteiger partial charge is 0.416 e. The maximum Gasteiger partial charge on any atom is 0.416 e. The minimum absolute atomic E-state index is 0.138. The van der Waals surface area contributed by atoms with Crippen molar-refractivity contribution in [1.29, 1.82) is 0 Å². The molecule has 2 atom stereocenters. The number of imidazole rings is 1. The van der Waals surface area contributed by atoms with E-state index in [0.29, 0.717) is 36.0 Å². The van der Waals surface area contributed by atoms with Gasteiger partial charge in [0.1, 0.15) is 17.2 Å². The molecule has 0 saturated carbocycles. The molecule has 0 spiro atoms. The summed E-state index contributed by atoms with van der Waals surface area (Å²) in [6.45, 7) is 2.39. The molecule has 5 rings (SSSR count). The zero-order chi connectivity index (χ0) is 24.2. The van der Waals surface area contributed by atoms with E-state index in [0.717, 1.165) is 18.2 Å². The van der Waals surface area contributed by atoms with E-state index in [1.165, 1.54) is 30.7 Å². The first kappa shape index (κ1) is 22.1. The summed E-state index contributed by atoms with van der Waals surface area (Å²) in [5.74, 6) is -0.818. The molecule has 4 aromatic rings. The number of benzene rings is 2. The number of nitrogen functional groups attached to an aromatic ring is 1. The minimum Gasteiger partial charge on any atom is -0.382 e. The first-order chi connectivity index (χ1) is 16.1. The smallest absolute Gasteiger partial charge is 0.382 e. The molecule has 0 unspecified atom stereocenters. The standard InChI is InChI=1S/C24H21F4N5O/c1-13-6-7-32(19(8-13)14-2-4-15(5-3-14)24(26,27)28)23(34)16-9-20-18(10-17(16)25)31-22(29)21-11-30-12-33(20)21/h2-5,9-13,19H,6-8H2,1H3,(H2,29,31)/t13-,19+/m0/s1. The van der Waals surface area contributed by atoms with E-state index >= 15 is 4.39 Å². The van der Waals surface area contributed by atoms with Crippen LogP contribution in [-0.4, -0.2) is 31.7 Å². The van der Waals surface area contributed by atoms with E-state index in [9.17, 15) is 18.0 Å². The highest BCUT2D eigenvalue weighted by Crippen LogP contribution is 2.37. The zero-order valence-corrected chi connectivity index (χ0v) is 18.2. The summed E-state index contributed by atoms with van der Waals surface area (Å²) in [4.78, 5) is 23.4. The summed E-state index contributed by atoms with van der Waals surface area (Å²) in [6.07, 6.45) is -0.134. The van der Waals surface area contributed by atoms with Gasteiger partial charge in [0.05, 0.1) is 40.7 Å². The zero-order valence-electron chi connectivity index (χ0n) is 18.2. The van der Waals surface area contributed by atoms with Gasteiger partial charge in [0, 0.05) is 12.6 Å². The number of rotatable bonds is 2. The molecule has 0 aliphatic carbocycles. The Morgan fingerprint density at radius 1 is 1.15 bits per heavy atom. The summed E-state index contributed by atoms with van der Waals surface area (Å²) in [5.41, 5.74) is 6.91. The second-order valence-electron chi connectivity index (χ2n) is 8.73. The number of nitrogens with zero attached hydrogens (tertiary/aromatic N) is 4. The molecule has 2 aromatic heterocycles. The lowest BCUT2D eigenvalue weighted by atomic mass is 9.87. The Hall–Kier alpha value is -3.69. The quantitative estimate of drug-likeness (QED) is 0.406. The van der Waals surface area contributed by atoms with E-state index in [-0.39, 0.29) is 22.8 Å². The molecule has 3 heterocycles. The van der Waals surface area contributed by atoms with Crippen LogP contribution in [0.25, 0.3) is 16.6 Å². The molecule has 2 aromatic carbocycles. The number of alkyl halides is 3. The molecule has 1 amide bonds. The normalized spacial score (nSPS) is 19.1. The number of fused-ring (bicyclic) bond motifs is 3. The summed E-state index contributed by atoms with van der Waals surface area (Å²) in [6, 6.07) is 6.94. The van der Waals surface area contributed by atoms with Crippen molar-refractivity contribution in [2.45, 2.75) is 32.0 Å². The number of hydrogen-bond donors (Lipinski definition) is 1. The van der Waals surface area contributed by atoms with Crippen molar-refractivity contribution >= 4 is 28.3 Å². The lowest BCUT2D eigenvalue weighted by Crippen LogP contribution is -2.41. The number of carbonyl (C=O) groups is 1. The molecule has 0 radical (unpaired) electrons. The first-order valence-corrected chi connectivity index (χ1v) is 10.8. The molecule has 2 N–H and O–H groups in total. The fourth-order valence-electron chi connectivity index (χ4n) is 4.61. The summed E-state index contributed by atoms with van der Waals surface area (Å²) >= 11 is 0. The van der Waals surface area contributed by atoms with Crippen molar-refractivity contribution < 1.29 is 22.4 Å². The molecule has 1 aliphatic rings. The van der Waals surface area contributed by atoms with Gasteiger partial charge in [-0.2, -0.15) is 13.2 Å². The molecule has 10 heteroatoms. The van der Waals surface area contributed by atoms with Crippen LogP contribution in [0.4, 0.5) is 23.4 Å². The van der Waals surface area contributed by atoms with E-state index < -0.39 is 29.5 Å². The van der Waals surface area contributed by atoms with Crippen LogP contribution < -0.4 is 5.73 Å². The molecule has 176 valence electrons. The van der Waals surface area contributed by atoms with Crippen molar-refractivity contribution in [3.8, 4) is 0 Å². The monoisotopic (exact) mass is 471 g/mol. The Kier molecular flexibility index (Phi) is 5.18. The molecule has 0 bridgehead atoms. The number of carbonyl (C=O) groups excluding carboxylic acids is 1. The Morgan fingerprint density at radius 3 is 2.59 bits per heavy atom. The van der Waals surface area contributed by atoms with Gasteiger partial charge in [0.2, 0.25) is 0 Å². The third-order valence-electron chi connectivity index (χ3n) is 6.44. The summed E-state index contributed by atoms with van der Waals surface area (Å²) < 4.78 is 55.8. The molecule has 1 saturated heterocycles. The van der Waals surface area contributed by atoms with Crippen molar-refractivity contribution in [1.82, 2.24) is 19.3 Å². The van der Waals surface area contributed by atoms with Gasteiger partial charge >= 0.3 is 6.18 Å². The molecule has 1 aliphatic heterocycles. The highest BCUT2D eigenvalue weighted by atomic mass is 19.4. The predicted octanol–water partition coefficient (Wildman–Crippen LogP) is 5.24. The van der Waals surface area contributed by atoms with Crippen LogP contribution in [0.1, 0.15) is 47.3 Å². The van der Waals surface area contributed by atoms with Crippen LogP contribution in [0.15, 0.2) is 48.9 Å². The second kappa shape index (κ2) is 7.96. The lowest BCUT2D eigenvalue weighted by Gasteiger charge is -2.39. The molecule has 34 heavy (non-hydrogen) atoms. The van der Waals surface area contributed by atoms with Crippen LogP contribution >= 0.6 is 0 Å². The van der Waals surface area contributed by atoms with Gasteiger partial charge in [-0.05, 0) is 42.5 Å². The third kappa shape index (κ3) is 3.72. The Bertz CT molecular complexity index is 1400. The number of anilines is 1. The molecule has 1 fully saturated rings. The van der Waals surface area contributed by atoms with Crippen LogP contribution in [0, 0.1) is 11.7 Å². The van der Waals surface area contributed by atoms with Gasteiger partial charge in [-0.15, -0.1) is 0 Å². The van der Waals surface area contributed by atoms with E-state index in [4.69, 9.17) is 5.73 Å². The van der Waals surface area contributed by atoms with Crippen molar-refractivity contribution in [2.75, 3.05) is 12.3 Å². The molecule has 6 nitrogen and oxygen atoms in total. The first-order valence-electron chi connectivity index (χ1n) is 10.8. The van der Waals surface area contributed by atoms with E-state index in [1.807, 2.05) is 6.92 Å². The average molecular weight is 471 g/mol. The van der Waals surface area contributed by atoms with E-state index in [2.05, 4.69) is 9.97 Å². The van der Waals surface area contributed by atoms with Gasteiger partial charge in [-0.25, -0.2) is 14.4 Å². The maximum absolute atomic E-state index is 15.1. The second-order valence-corrected chi connectivity index (χ2v) is 8.73. The molecular weight excluding hydrogens is 450 g/mol. The van der Waals surface area contributed by atoms with Crippen molar-refractivity contribution in [2.24, 2.45) is 5.92 Å². The van der Waals surface area contributed by atoms with Crippen LogP contribution in [0.2, 0.25) is 0 Å². The number of likely N-dealkylation sites (tertiary alicyclic amines) is 1. The van der Waals surface area contributed by atoms with Gasteiger partial charge in [0.15, 0.2) is 0 Å². The van der Waals surface area contributed by atoms with Gasteiger partial charge in [-0.3, -0.25) is 9.20 Å². The number of halogens is 4. The van der Waals surface area contributed by atoms with Crippen LogP contribution in [-0.2, 0) is 6.18 Å². The summed E-state index contributed by atoms with van der Waals surface area (Å²) in [5, 5.41) is 0. The van der Waals surface area contributed by atoms with Gasteiger partial charge in [-0.1, -0.05) is 19.1 Å². The maximum atomic E-state index is 15.1. The SMILES string of the molecule is C[C@H]1CCN(C(=O)c2cc3c(cc2F)nc(N)c2cncn23)[C@@H](c2ccc(C(F)(F)F)cc2)C1. The van der Waals surface area contributed by atoms with Crippen LogP contribution in [0.5, 0.6) is 0 Å². The average Bonchev–Trinajstić information content (AvgIpc) is 3.29. The van der Waals surface area contributed by atoms with Crippen molar-refractivity contribution in [3.63, 3.8) is 0 Å². The van der Waals surface area contributed by atoms with E-state index in [1.54, 1.807) is 9.30 Å². The number of nitrogens with two attached hydrogens (primary N) is 1.